The number of amidine groups is 1. The van der Waals surface area contributed by atoms with Crippen molar-refractivity contribution in [2.75, 3.05) is 0 Å². The van der Waals surface area contributed by atoms with Crippen LogP contribution in [0.15, 0.2) is 5.18 Å². The summed E-state index contributed by atoms with van der Waals surface area (Å²) in [6, 6.07) is 0. The highest BCUT2D eigenvalue weighted by atomic mass is 35.6. The van der Waals surface area contributed by atoms with E-state index in [1.54, 1.807) is 0 Å². The first kappa shape index (κ1) is 8.14. The first-order chi connectivity index (χ1) is 3.48. The van der Waals surface area contributed by atoms with E-state index < -0.39 is 9.63 Å². The molecule has 0 fully saturated rings. The van der Waals surface area contributed by atoms with Crippen molar-refractivity contribution in [2.24, 2.45) is 5.18 Å². The quantitative estimate of drug-likeness (QED) is 0.261. The third-order valence-corrected chi connectivity index (χ3v) is 0.897. The molecule has 0 atom stereocenters. The maximum absolute atomic E-state index is 9.42. The highest BCUT2D eigenvalue weighted by Gasteiger charge is 2.27. The van der Waals surface area contributed by atoms with E-state index in [1.165, 1.54) is 0 Å². The van der Waals surface area contributed by atoms with Gasteiger partial charge < -0.3 is 0 Å². The Kier molecular flexibility index (Phi) is 2.66. The van der Waals surface area contributed by atoms with E-state index in [0.717, 1.165) is 0 Å². The predicted octanol–water partition coefficient (Wildman–Crippen LogP) is 2.10. The maximum atomic E-state index is 9.42. The van der Waals surface area contributed by atoms with Gasteiger partial charge in [-0.2, -0.15) is 0 Å². The van der Waals surface area contributed by atoms with E-state index in [1.807, 2.05) is 0 Å². The Morgan fingerprint density at radius 2 is 1.88 bits per heavy atom. The molecule has 6 heteroatoms. The number of halogens is 3. The third kappa shape index (κ3) is 2.45. The Morgan fingerprint density at radius 1 is 1.50 bits per heavy atom. The molecule has 3 nitrogen and oxygen atoms in total. The fourth-order valence-electron chi connectivity index (χ4n) is 0.0518. The van der Waals surface area contributed by atoms with Gasteiger partial charge in [0.25, 0.3) is 3.79 Å². The van der Waals surface area contributed by atoms with Gasteiger partial charge in [-0.25, -0.2) is 0 Å². The number of rotatable bonds is 0. The second kappa shape index (κ2) is 2.62. The van der Waals surface area contributed by atoms with Crippen LogP contribution >= 0.6 is 34.8 Å². The summed E-state index contributed by atoms with van der Waals surface area (Å²) in [5.74, 6) is -0.803. The zero-order valence-corrected chi connectivity index (χ0v) is 5.76. The highest BCUT2D eigenvalue weighted by Crippen LogP contribution is 2.27. The lowest BCUT2D eigenvalue weighted by molar-refractivity contribution is 1.33. The molecule has 0 aliphatic carbocycles. The second-order valence-corrected chi connectivity index (χ2v) is 3.22. The summed E-state index contributed by atoms with van der Waals surface area (Å²) in [6.07, 6.45) is 0. The van der Waals surface area contributed by atoms with E-state index in [9.17, 15) is 4.91 Å². The normalized spacial score (nSPS) is 10.9. The van der Waals surface area contributed by atoms with Crippen molar-refractivity contribution in [1.29, 1.82) is 5.41 Å². The van der Waals surface area contributed by atoms with E-state index in [-0.39, 0.29) is 0 Å². The summed E-state index contributed by atoms with van der Waals surface area (Å²) in [5, 5.41) is 8.61. The van der Waals surface area contributed by atoms with Gasteiger partial charge in [0.15, 0.2) is 0 Å². The van der Waals surface area contributed by atoms with Gasteiger partial charge in [-0.1, -0.05) is 34.8 Å². The number of nitrogens with one attached hydrogen (secondary N) is 1. The molecule has 0 saturated heterocycles. The molecular formula is C2HCl3N2O. The minimum absolute atomic E-state index is 0.803. The first-order valence-corrected chi connectivity index (χ1v) is 2.61. The van der Waals surface area contributed by atoms with Crippen molar-refractivity contribution in [3.05, 3.63) is 4.91 Å². The van der Waals surface area contributed by atoms with Gasteiger partial charge in [0.2, 0.25) is 5.84 Å². The van der Waals surface area contributed by atoms with E-state index >= 15 is 0 Å². The summed E-state index contributed by atoms with van der Waals surface area (Å²) < 4.78 is -1.97. The number of nitrogens with zero attached hydrogens (tertiary/aromatic N) is 1. The van der Waals surface area contributed by atoms with Gasteiger partial charge in [0.05, 0.1) is 0 Å². The van der Waals surface area contributed by atoms with Crippen LogP contribution < -0.4 is 0 Å². The van der Waals surface area contributed by atoms with Gasteiger partial charge in [0, 0.05) is 0 Å². The second-order valence-electron chi connectivity index (χ2n) is 0.938. The number of nitroso groups, excluding NO2 is 1. The first-order valence-electron chi connectivity index (χ1n) is 1.47. The molecule has 0 rings (SSSR count). The Morgan fingerprint density at radius 3 is 1.88 bits per heavy atom. The summed E-state index contributed by atoms with van der Waals surface area (Å²) in [6.45, 7) is 0. The summed E-state index contributed by atoms with van der Waals surface area (Å²) in [5.41, 5.74) is 0. The molecule has 8 heavy (non-hydrogen) atoms. The largest absolute Gasteiger partial charge is 0.280 e. The molecule has 0 heterocycles. The Hall–Kier alpha value is 0.140. The fourth-order valence-corrected chi connectivity index (χ4v) is 0.155. The Labute approximate surface area is 60.4 Å². The molecule has 0 aromatic carbocycles. The predicted molar refractivity (Wildman–Crippen MR) is 33.8 cm³/mol. The molecule has 0 spiro atoms. The van der Waals surface area contributed by atoms with Crippen LogP contribution in [0.3, 0.4) is 0 Å². The minimum atomic E-state index is -1.97. The van der Waals surface area contributed by atoms with Crippen LogP contribution in [0.25, 0.3) is 0 Å². The molecule has 0 aromatic heterocycles. The van der Waals surface area contributed by atoms with E-state index in [4.69, 9.17) is 40.2 Å². The maximum Gasteiger partial charge on any atom is 0.253 e. The van der Waals surface area contributed by atoms with Crippen molar-refractivity contribution < 1.29 is 0 Å². The average Bonchev–Trinajstić information content (AvgIpc) is 1.62. The molecule has 0 saturated carbocycles. The summed E-state index contributed by atoms with van der Waals surface area (Å²) in [4.78, 5) is 9.42. The lowest BCUT2D eigenvalue weighted by Crippen LogP contribution is -2.13. The van der Waals surface area contributed by atoms with Crippen molar-refractivity contribution in [2.45, 2.75) is 3.79 Å². The molecule has 0 aliphatic rings. The molecule has 0 radical (unpaired) electrons. The van der Waals surface area contributed by atoms with Crippen molar-refractivity contribution in [3.8, 4) is 0 Å². The standard InChI is InChI=1S/C2HCl3N2O/c3-2(4,5)1(6)7-8/h6H. The van der Waals surface area contributed by atoms with Crippen LogP contribution in [0.5, 0.6) is 0 Å². The molecule has 46 valence electrons. The molecular weight excluding hydrogens is 174 g/mol. The van der Waals surface area contributed by atoms with Gasteiger partial charge >= 0.3 is 0 Å². The molecule has 0 aromatic rings. The number of alkyl halides is 3. The smallest absolute Gasteiger partial charge is 0.253 e. The average molecular weight is 175 g/mol. The Bertz CT molecular complexity index is 117. The van der Waals surface area contributed by atoms with Crippen molar-refractivity contribution >= 4 is 40.6 Å². The lowest BCUT2D eigenvalue weighted by Gasteiger charge is -2.02. The third-order valence-electron chi connectivity index (χ3n) is 0.360. The zero-order chi connectivity index (χ0) is 6.78. The topological polar surface area (TPSA) is 53.3 Å². The van der Waals surface area contributed by atoms with Gasteiger partial charge in [-0.05, 0) is 5.18 Å². The Balaban J connectivity index is 4.02. The molecule has 0 unspecified atom stereocenters. The zero-order valence-electron chi connectivity index (χ0n) is 3.49. The van der Waals surface area contributed by atoms with Gasteiger partial charge in [0.1, 0.15) is 0 Å². The highest BCUT2D eigenvalue weighted by molar-refractivity contribution is 6.76. The summed E-state index contributed by atoms with van der Waals surface area (Å²) >= 11 is 15.0. The van der Waals surface area contributed by atoms with E-state index in [0.29, 0.717) is 0 Å². The number of hydrogen-bond donors (Lipinski definition) is 1. The van der Waals surface area contributed by atoms with Crippen LogP contribution in [0.2, 0.25) is 0 Å². The van der Waals surface area contributed by atoms with Crippen LogP contribution in [-0.2, 0) is 0 Å². The van der Waals surface area contributed by atoms with E-state index in [2.05, 4.69) is 5.18 Å². The van der Waals surface area contributed by atoms with Crippen LogP contribution in [0.4, 0.5) is 0 Å². The lowest BCUT2D eigenvalue weighted by atomic mass is 10.7. The molecule has 1 N–H and O–H groups in total. The van der Waals surface area contributed by atoms with Crippen LogP contribution in [0.1, 0.15) is 0 Å². The monoisotopic (exact) mass is 174 g/mol. The summed E-state index contributed by atoms with van der Waals surface area (Å²) in [7, 11) is 0. The van der Waals surface area contributed by atoms with Crippen LogP contribution in [0, 0.1) is 10.3 Å². The van der Waals surface area contributed by atoms with Crippen molar-refractivity contribution in [3.63, 3.8) is 0 Å². The van der Waals surface area contributed by atoms with Crippen molar-refractivity contribution in [1.82, 2.24) is 0 Å². The van der Waals surface area contributed by atoms with Gasteiger partial charge in [-0.15, -0.1) is 4.91 Å². The number of hydrogen-bond acceptors (Lipinski definition) is 2. The molecule has 0 amide bonds. The fraction of sp³-hybridized carbons (Fsp3) is 0.500. The molecule has 0 aliphatic heterocycles. The van der Waals surface area contributed by atoms with Gasteiger partial charge in [-0.3, -0.25) is 5.41 Å². The van der Waals surface area contributed by atoms with Crippen LogP contribution in [-0.4, -0.2) is 9.63 Å². The molecule has 0 bridgehead atoms. The minimum Gasteiger partial charge on any atom is -0.280 e. The SMILES string of the molecule is N=C(N=O)C(Cl)(Cl)Cl.